The lowest BCUT2D eigenvalue weighted by Crippen LogP contribution is -2.38. The van der Waals surface area contributed by atoms with Crippen LogP contribution in [0.3, 0.4) is 0 Å². The summed E-state index contributed by atoms with van der Waals surface area (Å²) in [6, 6.07) is 8.10. The summed E-state index contributed by atoms with van der Waals surface area (Å²) in [6.07, 6.45) is 1.06. The molecule has 2 N–H and O–H groups in total. The molecule has 0 bridgehead atoms. The highest BCUT2D eigenvalue weighted by Crippen LogP contribution is 2.18. The first-order valence-electron chi connectivity index (χ1n) is 7.81. The summed E-state index contributed by atoms with van der Waals surface area (Å²) in [5.74, 6) is 2.34. The Kier molecular flexibility index (Phi) is 9.07. The van der Waals surface area contributed by atoms with Crippen LogP contribution in [0.5, 0.6) is 5.75 Å². The van der Waals surface area contributed by atoms with Crippen molar-refractivity contribution in [3.05, 3.63) is 29.8 Å². The van der Waals surface area contributed by atoms with E-state index in [0.29, 0.717) is 19.1 Å². The van der Waals surface area contributed by atoms with E-state index in [-0.39, 0.29) is 0 Å². The first kappa shape index (κ1) is 18.3. The Balaban J connectivity index is 2.50. The quantitative estimate of drug-likeness (QED) is 0.418. The number of guanidine groups is 1. The van der Waals surface area contributed by atoms with Crippen LogP contribution in [0.15, 0.2) is 29.3 Å². The molecule has 0 saturated carbocycles. The van der Waals surface area contributed by atoms with Gasteiger partial charge in [-0.05, 0) is 18.4 Å². The number of aliphatic imine (C=N–C) groups is 1. The second-order valence-corrected chi connectivity index (χ2v) is 5.48. The fourth-order valence-corrected chi connectivity index (χ4v) is 1.87. The fourth-order valence-electron chi connectivity index (χ4n) is 1.87. The summed E-state index contributed by atoms with van der Waals surface area (Å²) in [5, 5.41) is 6.48. The molecule has 1 aromatic rings. The summed E-state index contributed by atoms with van der Waals surface area (Å²) < 4.78 is 10.9. The summed E-state index contributed by atoms with van der Waals surface area (Å²) in [7, 11) is 3.44. The summed E-state index contributed by atoms with van der Waals surface area (Å²) >= 11 is 0. The largest absolute Gasteiger partial charge is 0.493 e. The number of para-hydroxylation sites is 1. The molecule has 22 heavy (non-hydrogen) atoms. The van der Waals surface area contributed by atoms with Gasteiger partial charge in [0.2, 0.25) is 0 Å². The average Bonchev–Trinajstić information content (AvgIpc) is 2.51. The van der Waals surface area contributed by atoms with E-state index in [9.17, 15) is 0 Å². The minimum atomic E-state index is 0.647. The van der Waals surface area contributed by atoms with Crippen LogP contribution in [-0.4, -0.2) is 39.9 Å². The molecule has 5 heteroatoms. The van der Waals surface area contributed by atoms with Gasteiger partial charge in [-0.3, -0.25) is 4.99 Å². The molecule has 0 aliphatic heterocycles. The smallest absolute Gasteiger partial charge is 0.191 e. The zero-order chi connectivity index (χ0) is 16.2. The summed E-state index contributed by atoms with van der Waals surface area (Å²) in [6.45, 7) is 7.19. The number of hydrogen-bond acceptors (Lipinski definition) is 3. The number of benzene rings is 1. The third-order valence-electron chi connectivity index (χ3n) is 3.19. The number of nitrogens with zero attached hydrogens (tertiary/aromatic N) is 1. The van der Waals surface area contributed by atoms with Crippen LogP contribution < -0.4 is 15.4 Å². The predicted molar refractivity (Wildman–Crippen MR) is 91.5 cm³/mol. The number of ether oxygens (including phenoxy) is 2. The average molecular weight is 307 g/mol. The number of hydrogen-bond donors (Lipinski definition) is 2. The van der Waals surface area contributed by atoms with Crippen molar-refractivity contribution in [1.82, 2.24) is 10.6 Å². The Bertz CT molecular complexity index is 447. The lowest BCUT2D eigenvalue weighted by Gasteiger charge is -2.15. The molecule has 124 valence electrons. The standard InChI is InChI=1S/C17H29N3O2/c1-14(2)9-11-22-16-8-6-5-7-15(16)13-20-17(18-3)19-10-12-21-4/h5-8,14H,9-13H2,1-4H3,(H2,18,19,20). The molecule has 0 spiro atoms. The van der Waals surface area contributed by atoms with Crippen LogP contribution >= 0.6 is 0 Å². The van der Waals surface area contributed by atoms with Crippen molar-refractivity contribution in [3.8, 4) is 5.75 Å². The van der Waals surface area contributed by atoms with Gasteiger partial charge in [0.15, 0.2) is 5.96 Å². The van der Waals surface area contributed by atoms with E-state index >= 15 is 0 Å². The van der Waals surface area contributed by atoms with Gasteiger partial charge in [0.25, 0.3) is 0 Å². The molecule has 0 radical (unpaired) electrons. The Hall–Kier alpha value is -1.75. The first-order valence-corrected chi connectivity index (χ1v) is 7.81. The van der Waals surface area contributed by atoms with Gasteiger partial charge >= 0.3 is 0 Å². The van der Waals surface area contributed by atoms with Crippen molar-refractivity contribution in [2.75, 3.05) is 33.9 Å². The van der Waals surface area contributed by atoms with Crippen molar-refractivity contribution >= 4 is 5.96 Å². The van der Waals surface area contributed by atoms with E-state index < -0.39 is 0 Å². The number of methoxy groups -OCH3 is 1. The molecule has 0 heterocycles. The molecular formula is C17H29N3O2. The zero-order valence-corrected chi connectivity index (χ0v) is 14.2. The van der Waals surface area contributed by atoms with Gasteiger partial charge in [-0.25, -0.2) is 0 Å². The van der Waals surface area contributed by atoms with Gasteiger partial charge in [-0.15, -0.1) is 0 Å². The molecule has 1 aromatic carbocycles. The van der Waals surface area contributed by atoms with E-state index in [0.717, 1.165) is 36.8 Å². The van der Waals surface area contributed by atoms with Gasteiger partial charge in [0.05, 0.1) is 13.2 Å². The number of rotatable bonds is 9. The highest BCUT2D eigenvalue weighted by atomic mass is 16.5. The second-order valence-electron chi connectivity index (χ2n) is 5.48. The van der Waals surface area contributed by atoms with Crippen molar-refractivity contribution in [2.24, 2.45) is 10.9 Å². The predicted octanol–water partition coefficient (Wildman–Crippen LogP) is 2.42. The van der Waals surface area contributed by atoms with Crippen molar-refractivity contribution < 1.29 is 9.47 Å². The van der Waals surface area contributed by atoms with E-state index in [2.05, 4.69) is 35.5 Å². The van der Waals surface area contributed by atoms with E-state index in [1.807, 2.05) is 18.2 Å². The third kappa shape index (κ3) is 7.31. The normalized spacial score (nSPS) is 11.6. The van der Waals surface area contributed by atoms with Crippen molar-refractivity contribution in [1.29, 1.82) is 0 Å². The lowest BCUT2D eigenvalue weighted by atomic mass is 10.1. The molecular weight excluding hydrogens is 278 g/mol. The van der Waals surface area contributed by atoms with E-state index in [4.69, 9.17) is 9.47 Å². The molecule has 0 unspecified atom stereocenters. The summed E-state index contributed by atoms with van der Waals surface area (Å²) in [4.78, 5) is 4.19. The van der Waals surface area contributed by atoms with Gasteiger partial charge < -0.3 is 20.1 Å². The minimum absolute atomic E-state index is 0.647. The van der Waals surface area contributed by atoms with Gasteiger partial charge in [0.1, 0.15) is 5.75 Å². The molecule has 0 fully saturated rings. The minimum Gasteiger partial charge on any atom is -0.493 e. The van der Waals surface area contributed by atoms with E-state index in [1.165, 1.54) is 0 Å². The summed E-state index contributed by atoms with van der Waals surface area (Å²) in [5.41, 5.74) is 1.13. The molecule has 1 rings (SSSR count). The SMILES string of the molecule is CN=C(NCCOC)NCc1ccccc1OCCC(C)C. The van der Waals surface area contributed by atoms with Gasteiger partial charge in [0, 0.05) is 32.8 Å². The zero-order valence-electron chi connectivity index (χ0n) is 14.2. The molecule has 0 saturated heterocycles. The van der Waals surface area contributed by atoms with Crippen LogP contribution in [0.4, 0.5) is 0 Å². The van der Waals surface area contributed by atoms with Crippen LogP contribution in [0.1, 0.15) is 25.8 Å². The Morgan fingerprint density at radius 1 is 1.18 bits per heavy atom. The highest BCUT2D eigenvalue weighted by Gasteiger charge is 2.05. The second kappa shape index (κ2) is 10.9. The van der Waals surface area contributed by atoms with Gasteiger partial charge in [-0.1, -0.05) is 32.0 Å². The topological polar surface area (TPSA) is 54.9 Å². The van der Waals surface area contributed by atoms with Crippen LogP contribution in [0.2, 0.25) is 0 Å². The van der Waals surface area contributed by atoms with Crippen LogP contribution in [-0.2, 0) is 11.3 Å². The van der Waals surface area contributed by atoms with E-state index in [1.54, 1.807) is 14.2 Å². The maximum atomic E-state index is 5.89. The molecule has 0 aliphatic rings. The Morgan fingerprint density at radius 2 is 1.95 bits per heavy atom. The maximum Gasteiger partial charge on any atom is 0.191 e. The Labute approximate surface area is 134 Å². The van der Waals surface area contributed by atoms with Crippen LogP contribution in [0.25, 0.3) is 0 Å². The molecule has 0 aliphatic carbocycles. The van der Waals surface area contributed by atoms with Gasteiger partial charge in [-0.2, -0.15) is 0 Å². The molecule has 0 atom stereocenters. The monoisotopic (exact) mass is 307 g/mol. The first-order chi connectivity index (χ1) is 10.7. The molecule has 5 nitrogen and oxygen atoms in total. The molecule has 0 amide bonds. The maximum absolute atomic E-state index is 5.89. The van der Waals surface area contributed by atoms with Crippen molar-refractivity contribution in [2.45, 2.75) is 26.8 Å². The van der Waals surface area contributed by atoms with Crippen LogP contribution in [0, 0.1) is 5.92 Å². The Morgan fingerprint density at radius 3 is 2.64 bits per heavy atom. The van der Waals surface area contributed by atoms with Crippen molar-refractivity contribution in [3.63, 3.8) is 0 Å². The lowest BCUT2D eigenvalue weighted by molar-refractivity contribution is 0.203. The third-order valence-corrected chi connectivity index (χ3v) is 3.19. The highest BCUT2D eigenvalue weighted by molar-refractivity contribution is 5.79. The molecule has 0 aromatic heterocycles. The fraction of sp³-hybridized carbons (Fsp3) is 0.588. The number of nitrogens with one attached hydrogen (secondary N) is 2.